The molecule has 0 spiro atoms. The normalized spacial score (nSPS) is 23.3. The third-order valence-corrected chi connectivity index (χ3v) is 2.68. The van der Waals surface area contributed by atoms with Crippen LogP contribution >= 0.6 is 0 Å². The lowest BCUT2D eigenvalue weighted by molar-refractivity contribution is 0.368. The molecule has 4 heteroatoms. The Morgan fingerprint density at radius 1 is 1.69 bits per heavy atom. The topological polar surface area (TPSA) is 42.7 Å². The molecule has 1 aliphatic heterocycles. The highest BCUT2D eigenvalue weighted by molar-refractivity contribution is 4.88. The lowest BCUT2D eigenvalue weighted by Crippen LogP contribution is -2.31. The average molecular weight is 180 g/mol. The van der Waals surface area contributed by atoms with Crippen LogP contribution in [0.5, 0.6) is 0 Å². The second kappa shape index (κ2) is 3.87. The molecule has 13 heavy (non-hydrogen) atoms. The molecule has 0 aromatic carbocycles. The van der Waals surface area contributed by atoms with Crippen LogP contribution in [0.15, 0.2) is 6.33 Å². The Labute approximate surface area is 78.4 Å². The van der Waals surface area contributed by atoms with Gasteiger partial charge in [-0.05, 0) is 31.8 Å². The van der Waals surface area contributed by atoms with Crippen molar-refractivity contribution in [2.45, 2.75) is 19.3 Å². The Morgan fingerprint density at radius 3 is 3.23 bits per heavy atom. The Morgan fingerprint density at radius 2 is 2.62 bits per heavy atom. The second-order valence-electron chi connectivity index (χ2n) is 3.77. The summed E-state index contributed by atoms with van der Waals surface area (Å²) in [4.78, 5) is 0. The molecule has 0 bridgehead atoms. The fraction of sp³-hybridized carbons (Fsp3) is 0.778. The van der Waals surface area contributed by atoms with Crippen LogP contribution in [-0.4, -0.2) is 27.9 Å². The van der Waals surface area contributed by atoms with Crippen LogP contribution < -0.4 is 5.32 Å². The summed E-state index contributed by atoms with van der Waals surface area (Å²) < 4.78 is 2.01. The van der Waals surface area contributed by atoms with Crippen molar-refractivity contribution in [3.63, 3.8) is 0 Å². The minimum Gasteiger partial charge on any atom is -0.321 e. The first-order chi connectivity index (χ1) is 6.36. The molecule has 1 aromatic rings. The molecular weight excluding hydrogens is 164 g/mol. The molecular formula is C9H16N4. The SMILES string of the molecule is Cn1cnnc1C[C@@H]1CCCNC1. The van der Waals surface area contributed by atoms with Gasteiger partial charge in [0.1, 0.15) is 12.2 Å². The highest BCUT2D eigenvalue weighted by atomic mass is 15.2. The second-order valence-corrected chi connectivity index (χ2v) is 3.77. The standard InChI is InChI=1S/C9H16N4/c1-13-7-11-12-9(13)5-8-3-2-4-10-6-8/h7-8,10H,2-6H2,1H3/t8-/m0/s1. The summed E-state index contributed by atoms with van der Waals surface area (Å²) in [6.45, 7) is 2.31. The first-order valence-electron chi connectivity index (χ1n) is 4.90. The van der Waals surface area contributed by atoms with Gasteiger partial charge in [-0.2, -0.15) is 0 Å². The van der Waals surface area contributed by atoms with Crippen molar-refractivity contribution < 1.29 is 0 Å². The fourth-order valence-electron chi connectivity index (χ4n) is 1.85. The molecule has 1 aliphatic rings. The van der Waals surface area contributed by atoms with Crippen LogP contribution in [0.4, 0.5) is 0 Å². The first kappa shape index (κ1) is 8.69. The molecule has 0 saturated carbocycles. The number of rotatable bonds is 2. The van der Waals surface area contributed by atoms with Gasteiger partial charge in [-0.3, -0.25) is 0 Å². The average Bonchev–Trinajstić information content (AvgIpc) is 2.54. The van der Waals surface area contributed by atoms with Gasteiger partial charge < -0.3 is 9.88 Å². The summed E-state index contributed by atoms with van der Waals surface area (Å²) in [5.74, 6) is 1.85. The highest BCUT2D eigenvalue weighted by Crippen LogP contribution is 2.14. The van der Waals surface area contributed by atoms with Crippen molar-refractivity contribution in [1.29, 1.82) is 0 Å². The number of piperidine rings is 1. The monoisotopic (exact) mass is 180 g/mol. The number of aromatic nitrogens is 3. The number of hydrogen-bond acceptors (Lipinski definition) is 3. The minimum absolute atomic E-state index is 0.747. The molecule has 2 rings (SSSR count). The van der Waals surface area contributed by atoms with Crippen molar-refractivity contribution in [1.82, 2.24) is 20.1 Å². The van der Waals surface area contributed by atoms with Gasteiger partial charge in [0.05, 0.1) is 0 Å². The van der Waals surface area contributed by atoms with Crippen molar-refractivity contribution in [2.75, 3.05) is 13.1 Å². The number of nitrogens with one attached hydrogen (secondary N) is 1. The third-order valence-electron chi connectivity index (χ3n) is 2.68. The van der Waals surface area contributed by atoms with Crippen LogP contribution in [0, 0.1) is 5.92 Å². The maximum absolute atomic E-state index is 4.10. The molecule has 1 aromatic heterocycles. The maximum Gasteiger partial charge on any atom is 0.132 e. The van der Waals surface area contributed by atoms with Crippen molar-refractivity contribution in [2.24, 2.45) is 13.0 Å². The smallest absolute Gasteiger partial charge is 0.132 e. The van der Waals surface area contributed by atoms with Gasteiger partial charge in [0, 0.05) is 13.5 Å². The van der Waals surface area contributed by atoms with Crippen molar-refractivity contribution in [3.8, 4) is 0 Å². The third kappa shape index (κ3) is 2.06. The summed E-state index contributed by atoms with van der Waals surface area (Å²) in [5, 5.41) is 11.4. The number of aryl methyl sites for hydroxylation is 1. The summed E-state index contributed by atoms with van der Waals surface area (Å²) in [6, 6.07) is 0. The Bertz CT molecular complexity index is 262. The van der Waals surface area contributed by atoms with Crippen LogP contribution in [0.3, 0.4) is 0 Å². The highest BCUT2D eigenvalue weighted by Gasteiger charge is 2.15. The zero-order valence-corrected chi connectivity index (χ0v) is 8.03. The van der Waals surface area contributed by atoms with Gasteiger partial charge in [-0.25, -0.2) is 0 Å². The maximum atomic E-state index is 4.10. The van der Waals surface area contributed by atoms with Crippen LogP contribution in [-0.2, 0) is 13.5 Å². The van der Waals surface area contributed by atoms with E-state index in [1.807, 2.05) is 11.6 Å². The van der Waals surface area contributed by atoms with E-state index in [0.717, 1.165) is 24.7 Å². The molecule has 0 unspecified atom stereocenters. The van der Waals surface area contributed by atoms with E-state index in [4.69, 9.17) is 0 Å². The Kier molecular flexibility index (Phi) is 2.59. The van der Waals surface area contributed by atoms with E-state index < -0.39 is 0 Å². The van der Waals surface area contributed by atoms with E-state index in [-0.39, 0.29) is 0 Å². The van der Waals surface area contributed by atoms with Crippen molar-refractivity contribution in [3.05, 3.63) is 12.2 Å². The van der Waals surface area contributed by atoms with E-state index in [1.54, 1.807) is 6.33 Å². The lowest BCUT2D eigenvalue weighted by atomic mass is 9.96. The van der Waals surface area contributed by atoms with E-state index >= 15 is 0 Å². The van der Waals surface area contributed by atoms with Crippen LogP contribution in [0.1, 0.15) is 18.7 Å². The van der Waals surface area contributed by atoms with Gasteiger partial charge in [-0.15, -0.1) is 10.2 Å². The molecule has 0 amide bonds. The molecule has 0 aliphatic carbocycles. The fourth-order valence-corrected chi connectivity index (χ4v) is 1.85. The van der Waals surface area contributed by atoms with Gasteiger partial charge in [0.2, 0.25) is 0 Å². The predicted molar refractivity (Wildman–Crippen MR) is 50.3 cm³/mol. The Balaban J connectivity index is 1.93. The lowest BCUT2D eigenvalue weighted by Gasteiger charge is -2.21. The summed E-state index contributed by atoms with van der Waals surface area (Å²) in [5.41, 5.74) is 0. The van der Waals surface area contributed by atoms with Gasteiger partial charge in [0.25, 0.3) is 0 Å². The zero-order chi connectivity index (χ0) is 9.10. The van der Waals surface area contributed by atoms with Crippen LogP contribution in [0.2, 0.25) is 0 Å². The van der Waals surface area contributed by atoms with E-state index in [2.05, 4.69) is 15.5 Å². The molecule has 1 atom stereocenters. The first-order valence-corrected chi connectivity index (χ1v) is 4.90. The number of nitrogens with zero attached hydrogens (tertiary/aromatic N) is 3. The molecule has 4 nitrogen and oxygen atoms in total. The van der Waals surface area contributed by atoms with Gasteiger partial charge >= 0.3 is 0 Å². The summed E-state index contributed by atoms with van der Waals surface area (Å²) >= 11 is 0. The molecule has 1 saturated heterocycles. The largest absolute Gasteiger partial charge is 0.321 e. The van der Waals surface area contributed by atoms with Crippen molar-refractivity contribution >= 4 is 0 Å². The van der Waals surface area contributed by atoms with E-state index in [0.29, 0.717) is 0 Å². The van der Waals surface area contributed by atoms with E-state index in [1.165, 1.54) is 19.4 Å². The summed E-state index contributed by atoms with van der Waals surface area (Å²) in [6.07, 6.45) is 5.44. The summed E-state index contributed by atoms with van der Waals surface area (Å²) in [7, 11) is 2.01. The molecule has 2 heterocycles. The quantitative estimate of drug-likeness (QED) is 0.714. The van der Waals surface area contributed by atoms with Gasteiger partial charge in [-0.1, -0.05) is 0 Å². The molecule has 1 N–H and O–H groups in total. The van der Waals surface area contributed by atoms with Crippen LogP contribution in [0.25, 0.3) is 0 Å². The molecule has 72 valence electrons. The Hall–Kier alpha value is -0.900. The minimum atomic E-state index is 0.747. The van der Waals surface area contributed by atoms with E-state index in [9.17, 15) is 0 Å². The molecule has 1 fully saturated rings. The predicted octanol–water partition coefficient (Wildman–Crippen LogP) is 0.357. The van der Waals surface area contributed by atoms with Gasteiger partial charge in [0.15, 0.2) is 0 Å². The molecule has 0 radical (unpaired) electrons. The number of hydrogen-bond donors (Lipinski definition) is 1. The zero-order valence-electron chi connectivity index (χ0n) is 8.03.